The molecule has 2 aliphatic heterocycles. The van der Waals surface area contributed by atoms with Gasteiger partial charge >= 0.3 is 0 Å². The van der Waals surface area contributed by atoms with Crippen molar-refractivity contribution in [3.05, 3.63) is 28.8 Å². The maximum absolute atomic E-state index is 10.3. The lowest BCUT2D eigenvalue weighted by Crippen LogP contribution is -2.42. The first-order valence-electron chi connectivity index (χ1n) is 7.10. The minimum Gasteiger partial charge on any atom is -0.490 e. The first-order chi connectivity index (χ1) is 9.25. The first-order valence-corrected chi connectivity index (χ1v) is 7.48. The number of hydrogen-bond donors (Lipinski definition) is 1. The van der Waals surface area contributed by atoms with E-state index in [2.05, 4.69) is 4.90 Å². The Morgan fingerprint density at radius 1 is 1.16 bits per heavy atom. The molecule has 0 aliphatic carbocycles. The second-order valence-corrected chi connectivity index (χ2v) is 5.89. The van der Waals surface area contributed by atoms with Crippen LogP contribution in [0.15, 0.2) is 18.2 Å². The van der Waals surface area contributed by atoms with Crippen LogP contribution in [0.3, 0.4) is 0 Å². The van der Waals surface area contributed by atoms with Crippen LogP contribution in [0.2, 0.25) is 5.02 Å². The van der Waals surface area contributed by atoms with E-state index in [0.29, 0.717) is 11.6 Å². The number of aliphatic hydroxyl groups excluding tert-OH is 1. The fourth-order valence-corrected chi connectivity index (χ4v) is 3.35. The highest BCUT2D eigenvalue weighted by Gasteiger charge is 2.34. The Bertz CT molecular complexity index is 444. The molecule has 4 heteroatoms. The lowest BCUT2D eigenvalue weighted by molar-refractivity contribution is 0.00110. The summed E-state index contributed by atoms with van der Waals surface area (Å²) in [6.07, 6.45) is 4.53. The smallest absolute Gasteiger partial charge is 0.124 e. The quantitative estimate of drug-likeness (QED) is 0.859. The van der Waals surface area contributed by atoms with Crippen LogP contribution in [0, 0.1) is 0 Å². The predicted molar refractivity (Wildman–Crippen MR) is 75.7 cm³/mol. The van der Waals surface area contributed by atoms with Gasteiger partial charge in [0.15, 0.2) is 0 Å². The van der Waals surface area contributed by atoms with Crippen LogP contribution in [0.25, 0.3) is 0 Å². The number of hydrogen-bond acceptors (Lipinski definition) is 3. The highest BCUT2D eigenvalue weighted by molar-refractivity contribution is 6.30. The van der Waals surface area contributed by atoms with E-state index in [-0.39, 0.29) is 6.04 Å². The Morgan fingerprint density at radius 3 is 2.63 bits per heavy atom. The maximum atomic E-state index is 10.3. The van der Waals surface area contributed by atoms with Crippen molar-refractivity contribution in [1.29, 1.82) is 0 Å². The molecule has 0 aromatic heterocycles. The van der Waals surface area contributed by atoms with E-state index in [1.807, 2.05) is 18.2 Å². The van der Waals surface area contributed by atoms with Gasteiger partial charge in [-0.05, 0) is 44.1 Å². The molecule has 1 fully saturated rings. The molecule has 1 N–H and O–H groups in total. The maximum Gasteiger partial charge on any atom is 0.124 e. The molecule has 1 aromatic rings. The van der Waals surface area contributed by atoms with Gasteiger partial charge in [-0.15, -0.1) is 0 Å². The Balaban J connectivity index is 1.93. The SMILES string of the molecule is OC1COc2ccc(Cl)cc2C1N1CCCCCC1. The zero-order valence-electron chi connectivity index (χ0n) is 11.0. The lowest BCUT2D eigenvalue weighted by atomic mass is 9.96. The van der Waals surface area contributed by atoms with E-state index in [4.69, 9.17) is 16.3 Å². The summed E-state index contributed by atoms with van der Waals surface area (Å²) < 4.78 is 5.61. The van der Waals surface area contributed by atoms with E-state index >= 15 is 0 Å². The summed E-state index contributed by atoms with van der Waals surface area (Å²) in [6, 6.07) is 5.72. The number of aliphatic hydroxyl groups is 1. The second kappa shape index (κ2) is 5.70. The van der Waals surface area contributed by atoms with Gasteiger partial charge in [0.2, 0.25) is 0 Å². The van der Waals surface area contributed by atoms with Crippen LogP contribution >= 0.6 is 11.6 Å². The minimum atomic E-state index is -0.468. The Morgan fingerprint density at radius 2 is 1.89 bits per heavy atom. The molecule has 1 saturated heterocycles. The van der Waals surface area contributed by atoms with Crippen molar-refractivity contribution in [2.24, 2.45) is 0 Å². The molecule has 3 nitrogen and oxygen atoms in total. The Hall–Kier alpha value is -0.770. The molecule has 0 bridgehead atoms. The summed E-state index contributed by atoms with van der Waals surface area (Å²) >= 11 is 6.11. The summed E-state index contributed by atoms with van der Waals surface area (Å²) in [6.45, 7) is 2.47. The van der Waals surface area contributed by atoms with Crippen molar-refractivity contribution in [2.45, 2.75) is 37.8 Å². The van der Waals surface area contributed by atoms with Gasteiger partial charge in [-0.25, -0.2) is 0 Å². The van der Waals surface area contributed by atoms with E-state index < -0.39 is 6.10 Å². The Kier molecular flexibility index (Phi) is 3.96. The number of likely N-dealkylation sites (tertiary alicyclic amines) is 1. The number of rotatable bonds is 1. The van der Waals surface area contributed by atoms with E-state index in [0.717, 1.165) is 24.4 Å². The van der Waals surface area contributed by atoms with E-state index in [1.54, 1.807) is 0 Å². The van der Waals surface area contributed by atoms with Crippen molar-refractivity contribution in [2.75, 3.05) is 19.7 Å². The van der Waals surface area contributed by atoms with Gasteiger partial charge in [-0.2, -0.15) is 0 Å². The number of fused-ring (bicyclic) bond motifs is 1. The highest BCUT2D eigenvalue weighted by atomic mass is 35.5. The lowest BCUT2D eigenvalue weighted by Gasteiger charge is -2.38. The normalized spacial score (nSPS) is 28.3. The zero-order chi connectivity index (χ0) is 13.2. The summed E-state index contributed by atoms with van der Waals surface area (Å²) in [4.78, 5) is 2.40. The summed E-state index contributed by atoms with van der Waals surface area (Å²) in [5.41, 5.74) is 1.04. The van der Waals surface area contributed by atoms with Gasteiger partial charge in [0.1, 0.15) is 18.5 Å². The van der Waals surface area contributed by atoms with Gasteiger partial charge in [-0.3, -0.25) is 4.90 Å². The fraction of sp³-hybridized carbons (Fsp3) is 0.600. The number of benzene rings is 1. The molecule has 0 radical (unpaired) electrons. The van der Waals surface area contributed by atoms with Gasteiger partial charge < -0.3 is 9.84 Å². The largest absolute Gasteiger partial charge is 0.490 e. The molecule has 19 heavy (non-hydrogen) atoms. The van der Waals surface area contributed by atoms with Crippen LogP contribution in [0.5, 0.6) is 5.75 Å². The summed E-state index contributed by atoms with van der Waals surface area (Å²) in [7, 11) is 0. The molecular formula is C15H20ClNO2. The molecule has 2 unspecified atom stereocenters. The topological polar surface area (TPSA) is 32.7 Å². The van der Waals surface area contributed by atoms with Crippen LogP contribution in [0.1, 0.15) is 37.3 Å². The van der Waals surface area contributed by atoms with Crippen molar-refractivity contribution in [3.63, 3.8) is 0 Å². The van der Waals surface area contributed by atoms with E-state index in [9.17, 15) is 5.11 Å². The molecule has 2 atom stereocenters. The molecule has 0 spiro atoms. The average Bonchev–Trinajstić information content (AvgIpc) is 2.67. The Labute approximate surface area is 119 Å². The standard InChI is InChI=1S/C15H20ClNO2/c16-11-5-6-14-12(9-11)15(13(18)10-19-14)17-7-3-1-2-4-8-17/h5-6,9,13,15,18H,1-4,7-8,10H2. The fourth-order valence-electron chi connectivity index (χ4n) is 3.17. The number of nitrogens with zero attached hydrogens (tertiary/aromatic N) is 1. The molecule has 2 aliphatic rings. The van der Waals surface area contributed by atoms with Crippen molar-refractivity contribution >= 4 is 11.6 Å². The first kappa shape index (κ1) is 13.2. The van der Waals surface area contributed by atoms with Crippen molar-refractivity contribution in [1.82, 2.24) is 4.90 Å². The molecule has 1 aromatic carbocycles. The predicted octanol–water partition coefficient (Wildman–Crippen LogP) is 3.01. The molecule has 2 heterocycles. The molecular weight excluding hydrogens is 262 g/mol. The van der Waals surface area contributed by atoms with Gasteiger partial charge in [0.25, 0.3) is 0 Å². The second-order valence-electron chi connectivity index (χ2n) is 5.46. The molecule has 3 rings (SSSR count). The van der Waals surface area contributed by atoms with Gasteiger partial charge in [0.05, 0.1) is 6.04 Å². The molecule has 0 saturated carbocycles. The van der Waals surface area contributed by atoms with Gasteiger partial charge in [0, 0.05) is 10.6 Å². The summed E-state index contributed by atoms with van der Waals surface area (Å²) in [5.74, 6) is 0.865. The van der Waals surface area contributed by atoms with Crippen LogP contribution in [-0.2, 0) is 0 Å². The van der Waals surface area contributed by atoms with Gasteiger partial charge in [-0.1, -0.05) is 24.4 Å². The van der Waals surface area contributed by atoms with Crippen molar-refractivity contribution in [3.8, 4) is 5.75 Å². The number of halogens is 1. The van der Waals surface area contributed by atoms with Crippen molar-refractivity contribution < 1.29 is 9.84 Å². The van der Waals surface area contributed by atoms with Crippen LogP contribution in [0.4, 0.5) is 0 Å². The van der Waals surface area contributed by atoms with Crippen LogP contribution < -0.4 is 4.74 Å². The monoisotopic (exact) mass is 281 g/mol. The molecule has 104 valence electrons. The minimum absolute atomic E-state index is 0.0283. The summed E-state index contributed by atoms with van der Waals surface area (Å²) in [5, 5.41) is 11.0. The highest BCUT2D eigenvalue weighted by Crippen LogP contribution is 2.38. The molecule has 0 amide bonds. The zero-order valence-corrected chi connectivity index (χ0v) is 11.8. The third-order valence-corrected chi connectivity index (χ3v) is 4.33. The number of ether oxygens (including phenoxy) is 1. The van der Waals surface area contributed by atoms with Crippen LogP contribution in [-0.4, -0.2) is 35.8 Å². The van der Waals surface area contributed by atoms with E-state index in [1.165, 1.54) is 25.7 Å². The third kappa shape index (κ3) is 2.73. The third-order valence-electron chi connectivity index (χ3n) is 4.10. The average molecular weight is 282 g/mol.